The molecule has 0 aromatic carbocycles. The fourth-order valence-corrected chi connectivity index (χ4v) is 8.37. The molecule has 28 heavy (non-hydrogen) atoms. The van der Waals surface area contributed by atoms with E-state index in [-0.39, 0.29) is 58.6 Å². The van der Waals surface area contributed by atoms with Crippen LogP contribution in [0.25, 0.3) is 0 Å². The van der Waals surface area contributed by atoms with Crippen molar-refractivity contribution in [3.05, 3.63) is 0 Å². The fraction of sp³-hybridized carbons (Fsp3) is 0.957. The van der Waals surface area contributed by atoms with Gasteiger partial charge in [-0.2, -0.15) is 0 Å². The van der Waals surface area contributed by atoms with E-state index in [9.17, 15) is 20.1 Å². The SMILES string of the molecule is COC(=O)[C@@H](C)[C@H]1CC[C@H]2[C@@H]3[C@H](O)C[C@H]4C[C@@H](O)CC[C@]4(C)[C@H]3C[C@H](O)[C@]12C. The number of hydrogen-bond acceptors (Lipinski definition) is 5. The van der Waals surface area contributed by atoms with E-state index in [0.29, 0.717) is 12.3 Å². The standard InChI is InChI=1S/C23H38O5/c1-12(21(27)28-4)15-5-6-16-20-17(11-19(26)23(15,16)3)22(2)8-7-14(24)9-13(22)10-18(20)25/h12-20,24-26H,5-11H2,1-4H3/t12-,13+,14-,15+,16-,17-,18+,19-,20-,22-,23+/m0/s1. The van der Waals surface area contributed by atoms with E-state index in [2.05, 4.69) is 13.8 Å². The topological polar surface area (TPSA) is 87.0 Å². The zero-order valence-corrected chi connectivity index (χ0v) is 17.8. The number of methoxy groups -OCH3 is 1. The normalized spacial score (nSPS) is 54.2. The molecule has 0 radical (unpaired) electrons. The van der Waals surface area contributed by atoms with Crippen molar-refractivity contribution < 1.29 is 24.9 Å². The Hall–Kier alpha value is -0.650. The minimum Gasteiger partial charge on any atom is -0.469 e. The summed E-state index contributed by atoms with van der Waals surface area (Å²) < 4.78 is 5.02. The van der Waals surface area contributed by atoms with Gasteiger partial charge in [0.2, 0.25) is 0 Å². The Morgan fingerprint density at radius 1 is 1.04 bits per heavy atom. The van der Waals surface area contributed by atoms with E-state index in [1.807, 2.05) is 6.92 Å². The van der Waals surface area contributed by atoms with Crippen LogP contribution in [0.5, 0.6) is 0 Å². The van der Waals surface area contributed by atoms with Crippen LogP contribution in [-0.2, 0) is 9.53 Å². The summed E-state index contributed by atoms with van der Waals surface area (Å²) in [4.78, 5) is 12.3. The zero-order chi connectivity index (χ0) is 20.4. The fourth-order valence-electron chi connectivity index (χ4n) is 8.37. The number of hydrogen-bond donors (Lipinski definition) is 3. The first kappa shape index (κ1) is 20.6. The molecule has 0 saturated heterocycles. The molecule has 0 heterocycles. The zero-order valence-electron chi connectivity index (χ0n) is 17.8. The van der Waals surface area contributed by atoms with Crippen LogP contribution >= 0.6 is 0 Å². The molecule has 160 valence electrons. The summed E-state index contributed by atoms with van der Waals surface area (Å²) in [6.07, 6.45) is 4.80. The second kappa shape index (κ2) is 6.95. The number of aliphatic hydroxyl groups is 3. The Balaban J connectivity index is 1.67. The second-order valence-electron chi connectivity index (χ2n) is 10.8. The van der Waals surface area contributed by atoms with Crippen molar-refractivity contribution in [1.82, 2.24) is 0 Å². The summed E-state index contributed by atoms with van der Waals surface area (Å²) in [5.41, 5.74) is -0.273. The molecule has 4 aliphatic carbocycles. The number of fused-ring (bicyclic) bond motifs is 5. The van der Waals surface area contributed by atoms with Gasteiger partial charge in [0.25, 0.3) is 0 Å². The smallest absolute Gasteiger partial charge is 0.308 e. The van der Waals surface area contributed by atoms with E-state index in [4.69, 9.17) is 4.74 Å². The molecule has 0 bridgehead atoms. The molecular weight excluding hydrogens is 356 g/mol. The number of esters is 1. The number of aliphatic hydroxyl groups excluding tert-OH is 3. The van der Waals surface area contributed by atoms with Crippen molar-refractivity contribution in [3.8, 4) is 0 Å². The molecular formula is C23H38O5. The van der Waals surface area contributed by atoms with Gasteiger partial charge in [0.1, 0.15) is 0 Å². The first-order valence-corrected chi connectivity index (χ1v) is 11.3. The van der Waals surface area contributed by atoms with Gasteiger partial charge in [0, 0.05) is 5.41 Å². The highest BCUT2D eigenvalue weighted by molar-refractivity contribution is 5.72. The molecule has 0 unspecified atom stereocenters. The van der Waals surface area contributed by atoms with Crippen LogP contribution in [0.2, 0.25) is 0 Å². The average molecular weight is 395 g/mol. The van der Waals surface area contributed by atoms with Crippen LogP contribution in [0.3, 0.4) is 0 Å². The monoisotopic (exact) mass is 394 g/mol. The Kier molecular flexibility index (Phi) is 5.12. The van der Waals surface area contributed by atoms with Crippen molar-refractivity contribution in [2.45, 2.75) is 84.0 Å². The lowest BCUT2D eigenvalue weighted by Crippen LogP contribution is -2.62. The van der Waals surface area contributed by atoms with E-state index >= 15 is 0 Å². The van der Waals surface area contributed by atoms with E-state index in [1.54, 1.807) is 0 Å². The van der Waals surface area contributed by atoms with Crippen LogP contribution < -0.4 is 0 Å². The highest BCUT2D eigenvalue weighted by atomic mass is 16.5. The van der Waals surface area contributed by atoms with Gasteiger partial charge in [0.15, 0.2) is 0 Å². The Labute approximate surface area is 168 Å². The van der Waals surface area contributed by atoms with Gasteiger partial charge in [0.05, 0.1) is 31.3 Å². The summed E-state index contributed by atoms with van der Waals surface area (Å²) in [7, 11) is 1.43. The van der Waals surface area contributed by atoms with E-state index in [1.165, 1.54) is 7.11 Å². The number of carbonyl (C=O) groups excluding carboxylic acids is 1. The van der Waals surface area contributed by atoms with Crippen molar-refractivity contribution in [2.75, 3.05) is 7.11 Å². The maximum Gasteiger partial charge on any atom is 0.308 e. The van der Waals surface area contributed by atoms with Gasteiger partial charge in [-0.1, -0.05) is 20.8 Å². The lowest BCUT2D eigenvalue weighted by Gasteiger charge is -2.63. The quantitative estimate of drug-likeness (QED) is 0.627. The molecule has 4 fully saturated rings. The molecule has 0 amide bonds. The highest BCUT2D eigenvalue weighted by Gasteiger charge is 2.66. The van der Waals surface area contributed by atoms with Crippen LogP contribution in [0.4, 0.5) is 0 Å². The number of carbonyl (C=O) groups is 1. The summed E-state index contributed by atoms with van der Waals surface area (Å²) in [6, 6.07) is 0. The molecule has 0 aromatic rings. The highest BCUT2D eigenvalue weighted by Crippen LogP contribution is 2.68. The third-order valence-corrected chi connectivity index (χ3v) is 10.0. The second-order valence-corrected chi connectivity index (χ2v) is 10.8. The van der Waals surface area contributed by atoms with Gasteiger partial charge < -0.3 is 20.1 Å². The van der Waals surface area contributed by atoms with Crippen LogP contribution in [0.1, 0.15) is 65.7 Å². The molecule has 4 aliphatic rings. The van der Waals surface area contributed by atoms with Crippen molar-refractivity contribution in [1.29, 1.82) is 0 Å². The third-order valence-electron chi connectivity index (χ3n) is 10.0. The molecule has 0 aliphatic heterocycles. The molecule has 0 spiro atoms. The van der Waals surface area contributed by atoms with Crippen LogP contribution in [-0.4, -0.2) is 46.7 Å². The van der Waals surface area contributed by atoms with Crippen LogP contribution in [0.15, 0.2) is 0 Å². The summed E-state index contributed by atoms with van der Waals surface area (Å²) in [5.74, 6) is 0.688. The van der Waals surface area contributed by atoms with Crippen molar-refractivity contribution in [3.63, 3.8) is 0 Å². The lowest BCUT2D eigenvalue weighted by atomic mass is 9.43. The third kappa shape index (κ3) is 2.72. The molecule has 11 atom stereocenters. The first-order valence-electron chi connectivity index (χ1n) is 11.3. The van der Waals surface area contributed by atoms with Gasteiger partial charge in [-0.15, -0.1) is 0 Å². The van der Waals surface area contributed by atoms with Crippen LogP contribution in [0, 0.1) is 46.3 Å². The Morgan fingerprint density at radius 2 is 1.75 bits per heavy atom. The maximum absolute atomic E-state index is 12.3. The molecule has 5 heteroatoms. The summed E-state index contributed by atoms with van der Waals surface area (Å²) >= 11 is 0. The van der Waals surface area contributed by atoms with Crippen molar-refractivity contribution >= 4 is 5.97 Å². The minimum absolute atomic E-state index is 0.0808. The van der Waals surface area contributed by atoms with Crippen molar-refractivity contribution in [2.24, 2.45) is 46.3 Å². The Bertz CT molecular complexity index is 622. The molecule has 4 rings (SSSR count). The first-order chi connectivity index (χ1) is 13.1. The van der Waals surface area contributed by atoms with E-state index < -0.39 is 6.10 Å². The lowest BCUT2D eigenvalue weighted by molar-refractivity contribution is -0.207. The predicted molar refractivity (Wildman–Crippen MR) is 105 cm³/mol. The Morgan fingerprint density at radius 3 is 2.43 bits per heavy atom. The molecule has 0 aromatic heterocycles. The maximum atomic E-state index is 12.3. The molecule has 3 N–H and O–H groups in total. The summed E-state index contributed by atoms with van der Waals surface area (Å²) in [6.45, 7) is 6.42. The van der Waals surface area contributed by atoms with Gasteiger partial charge in [-0.05, 0) is 80.0 Å². The summed E-state index contributed by atoms with van der Waals surface area (Å²) in [5, 5.41) is 32.8. The molecule has 4 saturated carbocycles. The molecule has 5 nitrogen and oxygen atoms in total. The predicted octanol–water partition coefficient (Wildman–Crippen LogP) is 2.76. The van der Waals surface area contributed by atoms with Gasteiger partial charge in [-0.25, -0.2) is 0 Å². The largest absolute Gasteiger partial charge is 0.469 e. The number of ether oxygens (including phenoxy) is 1. The average Bonchev–Trinajstić information content (AvgIpc) is 3.01. The van der Waals surface area contributed by atoms with Gasteiger partial charge >= 0.3 is 5.97 Å². The minimum atomic E-state index is -0.465. The van der Waals surface area contributed by atoms with Gasteiger partial charge in [-0.3, -0.25) is 4.79 Å². The van der Waals surface area contributed by atoms with E-state index in [0.717, 1.165) is 38.5 Å². The number of rotatable bonds is 2.